The average Bonchev–Trinajstić information content (AvgIpc) is 2.74. The largest absolute Gasteiger partial charge is 0.376 e. The Labute approximate surface area is 125 Å². The van der Waals surface area contributed by atoms with Crippen molar-refractivity contribution in [1.82, 2.24) is 0 Å². The molecule has 1 aromatic rings. The van der Waals surface area contributed by atoms with Crippen LogP contribution in [-0.4, -0.2) is 31.4 Å². The second-order valence-corrected chi connectivity index (χ2v) is 6.43. The Morgan fingerprint density at radius 2 is 2.05 bits per heavy atom. The topological polar surface area (TPSA) is 36.9 Å². The molecule has 3 aliphatic rings. The highest BCUT2D eigenvalue weighted by Crippen LogP contribution is 2.58. The van der Waals surface area contributed by atoms with E-state index < -0.39 is 11.6 Å². The quantitative estimate of drug-likeness (QED) is 0.839. The van der Waals surface area contributed by atoms with E-state index in [4.69, 9.17) is 18.9 Å². The van der Waals surface area contributed by atoms with Crippen LogP contribution in [0.2, 0.25) is 0 Å². The molecule has 0 radical (unpaired) electrons. The summed E-state index contributed by atoms with van der Waals surface area (Å²) >= 11 is 0. The van der Waals surface area contributed by atoms with Gasteiger partial charge in [-0.1, -0.05) is 30.3 Å². The zero-order valence-electron chi connectivity index (χ0n) is 12.6. The van der Waals surface area contributed by atoms with Crippen LogP contribution >= 0.6 is 0 Å². The van der Waals surface area contributed by atoms with Gasteiger partial charge in [0.1, 0.15) is 6.10 Å². The van der Waals surface area contributed by atoms with E-state index in [0.717, 1.165) is 19.4 Å². The number of rotatable bonds is 2. The van der Waals surface area contributed by atoms with Crippen LogP contribution < -0.4 is 0 Å². The summed E-state index contributed by atoms with van der Waals surface area (Å²) in [5, 5.41) is 0. The highest BCUT2D eigenvalue weighted by molar-refractivity contribution is 5.22. The number of benzene rings is 1. The van der Waals surface area contributed by atoms with Crippen molar-refractivity contribution in [3.63, 3.8) is 0 Å². The summed E-state index contributed by atoms with van der Waals surface area (Å²) in [6.45, 7) is 2.73. The maximum absolute atomic E-state index is 6.36. The van der Waals surface area contributed by atoms with Gasteiger partial charge in [-0.3, -0.25) is 0 Å². The minimum atomic E-state index is -0.652. The fourth-order valence-corrected chi connectivity index (χ4v) is 4.18. The lowest BCUT2D eigenvalue weighted by Gasteiger charge is -2.51. The standard InChI is InChI=1S/C17H22O4/c1-16-11-14(18-2)17(21-16)13(9-6-10-19-17)15(20-16)12-7-4-3-5-8-12/h3-5,7-8,13-15H,6,9-11H2,1-2H3/t13-,14-,15+,16-,17-/m0/s1. The van der Waals surface area contributed by atoms with Crippen LogP contribution in [0.1, 0.15) is 37.9 Å². The molecule has 4 rings (SSSR count). The second-order valence-electron chi connectivity index (χ2n) is 6.43. The Morgan fingerprint density at radius 1 is 1.24 bits per heavy atom. The molecule has 4 nitrogen and oxygen atoms in total. The normalized spacial score (nSPS) is 45.3. The van der Waals surface area contributed by atoms with Gasteiger partial charge in [-0.05, 0) is 25.3 Å². The van der Waals surface area contributed by atoms with Crippen molar-refractivity contribution in [1.29, 1.82) is 0 Å². The summed E-state index contributed by atoms with van der Waals surface area (Å²) in [5.74, 6) is -1.11. The third kappa shape index (κ3) is 1.97. The molecule has 21 heavy (non-hydrogen) atoms. The number of fused-ring (bicyclic) bond motifs is 1. The zero-order valence-corrected chi connectivity index (χ0v) is 12.6. The van der Waals surface area contributed by atoms with E-state index in [2.05, 4.69) is 24.3 Å². The molecule has 1 spiro atoms. The van der Waals surface area contributed by atoms with Gasteiger partial charge < -0.3 is 18.9 Å². The molecule has 1 aromatic carbocycles. The Kier molecular flexibility index (Phi) is 3.12. The summed E-state index contributed by atoms with van der Waals surface area (Å²) in [6, 6.07) is 10.4. The van der Waals surface area contributed by atoms with Gasteiger partial charge in [0.15, 0.2) is 5.79 Å². The SMILES string of the molecule is CO[C@H]1C[C@@]2(C)O[C@H](c3ccccc3)[C@@H]3CCCO[C@@]13O2. The molecule has 0 aromatic heterocycles. The van der Waals surface area contributed by atoms with Crippen molar-refractivity contribution in [3.8, 4) is 0 Å². The summed E-state index contributed by atoms with van der Waals surface area (Å²) in [6.07, 6.45) is 2.72. The maximum Gasteiger partial charge on any atom is 0.203 e. The van der Waals surface area contributed by atoms with Crippen molar-refractivity contribution in [3.05, 3.63) is 35.9 Å². The van der Waals surface area contributed by atoms with E-state index in [1.807, 2.05) is 13.0 Å². The molecule has 114 valence electrons. The summed E-state index contributed by atoms with van der Waals surface area (Å²) in [5.41, 5.74) is 1.20. The first-order chi connectivity index (χ1) is 10.2. The smallest absolute Gasteiger partial charge is 0.203 e. The van der Waals surface area contributed by atoms with Crippen LogP contribution in [0.15, 0.2) is 30.3 Å². The summed E-state index contributed by atoms with van der Waals surface area (Å²) in [7, 11) is 1.74. The van der Waals surface area contributed by atoms with E-state index in [0.29, 0.717) is 6.42 Å². The van der Waals surface area contributed by atoms with E-state index in [1.165, 1.54) is 5.56 Å². The Morgan fingerprint density at radius 3 is 2.81 bits per heavy atom. The minimum absolute atomic E-state index is 0.00500. The first-order valence-corrected chi connectivity index (χ1v) is 7.76. The van der Waals surface area contributed by atoms with Crippen LogP contribution in [0.5, 0.6) is 0 Å². The van der Waals surface area contributed by atoms with Gasteiger partial charge in [0.25, 0.3) is 0 Å². The van der Waals surface area contributed by atoms with Crippen LogP contribution in [0.25, 0.3) is 0 Å². The lowest BCUT2D eigenvalue weighted by Crippen LogP contribution is -2.58. The van der Waals surface area contributed by atoms with E-state index in [9.17, 15) is 0 Å². The van der Waals surface area contributed by atoms with Crippen LogP contribution in [0.4, 0.5) is 0 Å². The molecule has 0 amide bonds. The number of hydrogen-bond donors (Lipinski definition) is 0. The third-order valence-corrected chi connectivity index (χ3v) is 5.04. The van der Waals surface area contributed by atoms with Crippen LogP contribution in [0.3, 0.4) is 0 Å². The lowest BCUT2D eigenvalue weighted by atomic mass is 9.81. The van der Waals surface area contributed by atoms with E-state index in [1.54, 1.807) is 7.11 Å². The highest BCUT2D eigenvalue weighted by Gasteiger charge is 2.67. The molecular formula is C17H22O4. The molecule has 5 atom stereocenters. The Hall–Kier alpha value is -0.940. The van der Waals surface area contributed by atoms with Crippen LogP contribution in [0, 0.1) is 5.92 Å². The molecule has 0 unspecified atom stereocenters. The second kappa shape index (κ2) is 4.78. The molecular weight excluding hydrogens is 268 g/mol. The van der Waals surface area contributed by atoms with Crippen molar-refractivity contribution in [2.24, 2.45) is 5.92 Å². The molecule has 0 saturated carbocycles. The fraction of sp³-hybridized carbons (Fsp3) is 0.647. The van der Waals surface area contributed by atoms with Gasteiger partial charge in [0.05, 0.1) is 12.7 Å². The predicted molar refractivity (Wildman–Crippen MR) is 76.6 cm³/mol. The third-order valence-electron chi connectivity index (χ3n) is 5.04. The van der Waals surface area contributed by atoms with Crippen molar-refractivity contribution >= 4 is 0 Å². The number of hydrogen-bond acceptors (Lipinski definition) is 4. The van der Waals surface area contributed by atoms with Crippen molar-refractivity contribution in [2.75, 3.05) is 13.7 Å². The Bertz CT molecular complexity index is 519. The van der Waals surface area contributed by atoms with Crippen molar-refractivity contribution < 1.29 is 18.9 Å². The van der Waals surface area contributed by atoms with Gasteiger partial charge in [-0.25, -0.2) is 0 Å². The molecule has 3 aliphatic heterocycles. The molecule has 2 bridgehead atoms. The minimum Gasteiger partial charge on any atom is -0.376 e. The monoisotopic (exact) mass is 290 g/mol. The number of methoxy groups -OCH3 is 1. The molecule has 0 N–H and O–H groups in total. The van der Waals surface area contributed by atoms with Gasteiger partial charge in [-0.15, -0.1) is 0 Å². The predicted octanol–water partition coefficient (Wildman–Crippen LogP) is 3.03. The first-order valence-electron chi connectivity index (χ1n) is 7.76. The zero-order chi connectivity index (χ0) is 14.5. The molecule has 3 fully saturated rings. The molecule has 3 saturated heterocycles. The van der Waals surface area contributed by atoms with E-state index in [-0.39, 0.29) is 18.1 Å². The summed E-state index contributed by atoms with van der Waals surface area (Å²) < 4.78 is 24.5. The maximum atomic E-state index is 6.36. The van der Waals surface area contributed by atoms with Gasteiger partial charge in [-0.2, -0.15) is 0 Å². The molecule has 0 aliphatic carbocycles. The average molecular weight is 290 g/mol. The Balaban J connectivity index is 1.77. The van der Waals surface area contributed by atoms with Gasteiger partial charge >= 0.3 is 0 Å². The molecule has 4 heteroatoms. The van der Waals surface area contributed by atoms with E-state index >= 15 is 0 Å². The fourth-order valence-electron chi connectivity index (χ4n) is 4.18. The summed E-state index contributed by atoms with van der Waals surface area (Å²) in [4.78, 5) is 0. The van der Waals surface area contributed by atoms with Gasteiger partial charge in [0.2, 0.25) is 5.79 Å². The van der Waals surface area contributed by atoms with Crippen molar-refractivity contribution in [2.45, 2.75) is 50.0 Å². The van der Waals surface area contributed by atoms with Gasteiger partial charge in [0, 0.05) is 19.4 Å². The molecule has 3 heterocycles. The lowest BCUT2D eigenvalue weighted by molar-refractivity contribution is -0.416. The first kappa shape index (κ1) is 13.7. The number of ether oxygens (including phenoxy) is 4. The highest BCUT2D eigenvalue weighted by atomic mass is 16.8. The van der Waals surface area contributed by atoms with Crippen LogP contribution in [-0.2, 0) is 18.9 Å².